The number of nitrogens with zero attached hydrogens (tertiary/aromatic N) is 2. The molecule has 4 aromatic rings. The first-order valence-electron chi connectivity index (χ1n) is 15.4. The van der Waals surface area contributed by atoms with E-state index in [9.17, 15) is 0 Å². The van der Waals surface area contributed by atoms with Gasteiger partial charge in [0, 0.05) is 12.4 Å². The van der Waals surface area contributed by atoms with Crippen LogP contribution in [0.5, 0.6) is 11.5 Å². The number of hydrogen-bond donors (Lipinski definition) is 0. The molecule has 4 aromatic carbocycles. The zero-order valence-corrected chi connectivity index (χ0v) is 24.7. The minimum Gasteiger partial charge on any atom is -0.494 e. The number of hydrogen-bond acceptors (Lipinski definition) is 4. The maximum absolute atomic E-state index is 5.92. The molecule has 4 nitrogen and oxygen atoms in total. The fraction of sp³-hybridized carbons (Fsp3) is 0.316. The number of rotatable bonds is 19. The van der Waals surface area contributed by atoms with Crippen LogP contribution in [0.2, 0.25) is 0 Å². The minimum absolute atomic E-state index is 0.704. The van der Waals surface area contributed by atoms with Gasteiger partial charge < -0.3 is 9.47 Å². The Bertz CT molecular complexity index is 1200. The zero-order chi connectivity index (χ0) is 28.9. The molecule has 0 heterocycles. The highest BCUT2D eigenvalue weighted by atomic mass is 16.5. The van der Waals surface area contributed by atoms with E-state index in [0.29, 0.717) is 13.1 Å². The van der Waals surface area contributed by atoms with Gasteiger partial charge in [-0.25, -0.2) is 0 Å². The molecule has 218 valence electrons. The van der Waals surface area contributed by atoms with Gasteiger partial charge in [0.05, 0.1) is 26.3 Å². The van der Waals surface area contributed by atoms with E-state index in [2.05, 4.69) is 58.5 Å². The van der Waals surface area contributed by atoms with Crippen LogP contribution in [0.15, 0.2) is 119 Å². The van der Waals surface area contributed by atoms with Gasteiger partial charge in [-0.1, -0.05) is 99.2 Å². The standard InChI is InChI=1S/C38H44N2O2/c1(3-5-13-27-41-37-23-19-35(20-24-37)31-39-29-33-15-9-7-10-16-33)2-4-6-14-28-42-38-25-21-36(22-26-38)32-40-30-34-17-11-8-12-18-34/h7-12,15-26,31-32H,1-6,13-14,27-30H2. The molecule has 4 heteroatoms. The predicted molar refractivity (Wildman–Crippen MR) is 176 cm³/mol. The predicted octanol–water partition coefficient (Wildman–Crippen LogP) is 9.50. The molecule has 0 radical (unpaired) electrons. The van der Waals surface area contributed by atoms with Crippen molar-refractivity contribution >= 4 is 12.4 Å². The lowest BCUT2D eigenvalue weighted by atomic mass is 10.1. The fourth-order valence-electron chi connectivity index (χ4n) is 4.62. The van der Waals surface area contributed by atoms with Gasteiger partial charge in [-0.15, -0.1) is 0 Å². The van der Waals surface area contributed by atoms with E-state index in [4.69, 9.17) is 9.47 Å². The topological polar surface area (TPSA) is 43.2 Å². The molecule has 0 aliphatic heterocycles. The van der Waals surface area contributed by atoms with E-state index in [1.807, 2.05) is 73.1 Å². The Balaban J connectivity index is 0.948. The third kappa shape index (κ3) is 12.6. The third-order valence-electron chi connectivity index (χ3n) is 7.05. The number of benzene rings is 4. The maximum atomic E-state index is 5.92. The Morgan fingerprint density at radius 1 is 0.405 bits per heavy atom. The summed E-state index contributed by atoms with van der Waals surface area (Å²) in [5.41, 5.74) is 4.64. The van der Waals surface area contributed by atoms with Gasteiger partial charge in [0.2, 0.25) is 0 Å². The molecule has 0 unspecified atom stereocenters. The Morgan fingerprint density at radius 2 is 0.762 bits per heavy atom. The van der Waals surface area contributed by atoms with Crippen LogP contribution in [0.3, 0.4) is 0 Å². The first-order chi connectivity index (χ1) is 20.8. The summed E-state index contributed by atoms with van der Waals surface area (Å²) < 4.78 is 11.8. The lowest BCUT2D eigenvalue weighted by molar-refractivity contribution is 0.301. The molecule has 0 saturated carbocycles. The summed E-state index contributed by atoms with van der Waals surface area (Å²) in [6, 6.07) is 37.0. The molecule has 0 aliphatic rings. The van der Waals surface area contributed by atoms with Gasteiger partial charge in [-0.3, -0.25) is 9.98 Å². The summed E-state index contributed by atoms with van der Waals surface area (Å²) in [5, 5.41) is 0. The Labute approximate surface area is 252 Å². The molecule has 0 spiro atoms. The second-order valence-electron chi connectivity index (χ2n) is 10.6. The molecule has 0 bridgehead atoms. The Morgan fingerprint density at radius 3 is 1.14 bits per heavy atom. The van der Waals surface area contributed by atoms with Crippen molar-refractivity contribution in [3.05, 3.63) is 131 Å². The fourth-order valence-corrected chi connectivity index (χ4v) is 4.62. The van der Waals surface area contributed by atoms with E-state index >= 15 is 0 Å². The largest absolute Gasteiger partial charge is 0.494 e. The van der Waals surface area contributed by atoms with Crippen LogP contribution in [-0.2, 0) is 13.1 Å². The van der Waals surface area contributed by atoms with Crippen molar-refractivity contribution in [2.75, 3.05) is 13.2 Å². The maximum Gasteiger partial charge on any atom is 0.119 e. The van der Waals surface area contributed by atoms with Crippen LogP contribution in [0.25, 0.3) is 0 Å². The number of aliphatic imine (C=N–C) groups is 2. The van der Waals surface area contributed by atoms with Crippen molar-refractivity contribution in [2.45, 2.75) is 64.5 Å². The number of unbranched alkanes of at least 4 members (excludes halogenated alkanes) is 7. The molecule has 0 aromatic heterocycles. The SMILES string of the molecule is C(=NCc1ccccc1)c1ccc(OCCCCCCCCCCOc2ccc(C=NCc3ccccc3)cc2)cc1. The molecule has 0 amide bonds. The lowest BCUT2D eigenvalue weighted by Crippen LogP contribution is -1.98. The molecule has 4 rings (SSSR count). The van der Waals surface area contributed by atoms with Crippen molar-refractivity contribution in [1.29, 1.82) is 0 Å². The smallest absolute Gasteiger partial charge is 0.119 e. The number of ether oxygens (including phenoxy) is 2. The molecule has 0 aliphatic carbocycles. The summed E-state index contributed by atoms with van der Waals surface area (Å²) in [7, 11) is 0. The molecule has 0 fully saturated rings. The van der Waals surface area contributed by atoms with Crippen LogP contribution < -0.4 is 9.47 Å². The quantitative estimate of drug-likeness (QED) is 0.0846. The summed E-state index contributed by atoms with van der Waals surface area (Å²) in [5.74, 6) is 1.86. The monoisotopic (exact) mass is 560 g/mol. The second kappa shape index (κ2) is 19.0. The van der Waals surface area contributed by atoms with Crippen molar-refractivity contribution in [3.8, 4) is 11.5 Å². The van der Waals surface area contributed by atoms with E-state index in [0.717, 1.165) is 48.7 Å². The highest BCUT2D eigenvalue weighted by molar-refractivity contribution is 5.80. The molecule has 42 heavy (non-hydrogen) atoms. The van der Waals surface area contributed by atoms with E-state index in [-0.39, 0.29) is 0 Å². The summed E-state index contributed by atoms with van der Waals surface area (Å²) in [6.07, 6.45) is 13.6. The van der Waals surface area contributed by atoms with Crippen molar-refractivity contribution in [2.24, 2.45) is 9.98 Å². The zero-order valence-electron chi connectivity index (χ0n) is 24.7. The Kier molecular flexibility index (Phi) is 13.9. The summed E-state index contributed by atoms with van der Waals surface area (Å²) in [6.45, 7) is 2.96. The van der Waals surface area contributed by atoms with Gasteiger partial charge in [0.1, 0.15) is 11.5 Å². The molecular weight excluding hydrogens is 516 g/mol. The van der Waals surface area contributed by atoms with Crippen LogP contribution in [0.4, 0.5) is 0 Å². The summed E-state index contributed by atoms with van der Waals surface area (Å²) in [4.78, 5) is 9.05. The van der Waals surface area contributed by atoms with E-state index in [1.54, 1.807) is 0 Å². The van der Waals surface area contributed by atoms with Gasteiger partial charge >= 0.3 is 0 Å². The van der Waals surface area contributed by atoms with Gasteiger partial charge in [0.15, 0.2) is 0 Å². The van der Waals surface area contributed by atoms with Gasteiger partial charge in [-0.2, -0.15) is 0 Å². The minimum atomic E-state index is 0.704. The first-order valence-corrected chi connectivity index (χ1v) is 15.4. The van der Waals surface area contributed by atoms with Crippen LogP contribution in [0, 0.1) is 0 Å². The third-order valence-corrected chi connectivity index (χ3v) is 7.05. The molecule has 0 N–H and O–H groups in total. The van der Waals surface area contributed by atoms with Gasteiger partial charge in [0.25, 0.3) is 0 Å². The van der Waals surface area contributed by atoms with E-state index < -0.39 is 0 Å². The van der Waals surface area contributed by atoms with Crippen molar-refractivity contribution < 1.29 is 9.47 Å². The lowest BCUT2D eigenvalue weighted by Gasteiger charge is -2.07. The normalized spacial score (nSPS) is 11.3. The molecule has 0 saturated heterocycles. The highest BCUT2D eigenvalue weighted by Crippen LogP contribution is 2.15. The van der Waals surface area contributed by atoms with Gasteiger partial charge in [-0.05, 0) is 83.6 Å². The highest BCUT2D eigenvalue weighted by Gasteiger charge is 1.98. The van der Waals surface area contributed by atoms with Crippen molar-refractivity contribution in [3.63, 3.8) is 0 Å². The van der Waals surface area contributed by atoms with Crippen LogP contribution >= 0.6 is 0 Å². The Hall–Kier alpha value is -4.18. The van der Waals surface area contributed by atoms with Crippen LogP contribution in [-0.4, -0.2) is 25.6 Å². The average molecular weight is 561 g/mol. The molecule has 0 atom stereocenters. The average Bonchev–Trinajstić information content (AvgIpc) is 3.04. The second-order valence-corrected chi connectivity index (χ2v) is 10.6. The van der Waals surface area contributed by atoms with Crippen LogP contribution in [0.1, 0.15) is 73.6 Å². The van der Waals surface area contributed by atoms with E-state index in [1.165, 1.54) is 49.7 Å². The summed E-state index contributed by atoms with van der Waals surface area (Å²) >= 11 is 0. The van der Waals surface area contributed by atoms with Crippen molar-refractivity contribution in [1.82, 2.24) is 0 Å². The molecular formula is C38H44N2O2. The first kappa shape index (κ1) is 30.8.